The molecule has 23 heavy (non-hydrogen) atoms. The van der Waals surface area contributed by atoms with Gasteiger partial charge in [-0.1, -0.05) is 18.2 Å². The van der Waals surface area contributed by atoms with E-state index in [9.17, 15) is 4.79 Å². The molecule has 0 unspecified atom stereocenters. The van der Waals surface area contributed by atoms with Crippen LogP contribution in [0.15, 0.2) is 35.7 Å². The first-order valence-electron chi connectivity index (χ1n) is 7.93. The number of hydrogen-bond donors (Lipinski definition) is 2. The number of carbonyl (C=O) groups is 1. The van der Waals surface area contributed by atoms with Crippen molar-refractivity contribution in [2.24, 2.45) is 0 Å². The van der Waals surface area contributed by atoms with E-state index in [4.69, 9.17) is 0 Å². The van der Waals surface area contributed by atoms with Crippen LogP contribution in [0.25, 0.3) is 0 Å². The topological polar surface area (TPSA) is 57.3 Å². The van der Waals surface area contributed by atoms with E-state index < -0.39 is 0 Å². The third-order valence-electron chi connectivity index (χ3n) is 3.97. The molecule has 122 valence electrons. The van der Waals surface area contributed by atoms with Crippen molar-refractivity contribution in [3.63, 3.8) is 0 Å². The lowest BCUT2D eigenvalue weighted by Crippen LogP contribution is -2.49. The van der Waals surface area contributed by atoms with Gasteiger partial charge >= 0.3 is 0 Å². The summed E-state index contributed by atoms with van der Waals surface area (Å²) in [6.45, 7) is 6.19. The molecule has 5 nitrogen and oxygen atoms in total. The molecule has 1 aliphatic heterocycles. The molecular weight excluding hydrogens is 308 g/mol. The summed E-state index contributed by atoms with van der Waals surface area (Å²) in [7, 11) is 0. The van der Waals surface area contributed by atoms with E-state index in [1.807, 2.05) is 30.3 Å². The van der Waals surface area contributed by atoms with E-state index in [-0.39, 0.29) is 5.91 Å². The summed E-state index contributed by atoms with van der Waals surface area (Å²) in [5.41, 5.74) is 1.88. The highest BCUT2D eigenvalue weighted by Crippen LogP contribution is 2.15. The SMILES string of the molecule is C[C@@H]1CNCCN1Cc1csc(CC(=O)Nc2ccccc2)n1. The van der Waals surface area contributed by atoms with Gasteiger partial charge in [0.2, 0.25) is 5.91 Å². The minimum atomic E-state index is -0.0207. The summed E-state index contributed by atoms with van der Waals surface area (Å²) in [5, 5.41) is 9.23. The molecule has 1 aliphatic rings. The Labute approximate surface area is 140 Å². The number of nitrogens with zero attached hydrogens (tertiary/aromatic N) is 2. The first kappa shape index (κ1) is 16.1. The molecule has 0 saturated carbocycles. The van der Waals surface area contributed by atoms with Crippen LogP contribution in [0.5, 0.6) is 0 Å². The maximum Gasteiger partial charge on any atom is 0.231 e. The van der Waals surface area contributed by atoms with Gasteiger partial charge in [-0.2, -0.15) is 0 Å². The van der Waals surface area contributed by atoms with Crippen LogP contribution in [0.2, 0.25) is 0 Å². The second kappa shape index (κ2) is 7.68. The van der Waals surface area contributed by atoms with E-state index in [2.05, 4.69) is 32.8 Å². The fraction of sp³-hybridized carbons (Fsp3) is 0.412. The van der Waals surface area contributed by atoms with Gasteiger partial charge in [0.05, 0.1) is 12.1 Å². The summed E-state index contributed by atoms with van der Waals surface area (Å²) in [4.78, 5) is 19.1. The van der Waals surface area contributed by atoms with E-state index >= 15 is 0 Å². The first-order valence-corrected chi connectivity index (χ1v) is 8.81. The number of carbonyl (C=O) groups excluding carboxylic acids is 1. The van der Waals surface area contributed by atoms with Gasteiger partial charge in [-0.3, -0.25) is 9.69 Å². The number of para-hydroxylation sites is 1. The molecule has 3 rings (SSSR count). The molecule has 0 spiro atoms. The quantitative estimate of drug-likeness (QED) is 0.882. The van der Waals surface area contributed by atoms with Crippen LogP contribution in [0.4, 0.5) is 5.69 Å². The Morgan fingerprint density at radius 3 is 3.04 bits per heavy atom. The van der Waals surface area contributed by atoms with Crippen molar-refractivity contribution in [2.75, 3.05) is 25.0 Å². The molecule has 1 fully saturated rings. The van der Waals surface area contributed by atoms with E-state index in [1.165, 1.54) is 0 Å². The Kier molecular flexibility index (Phi) is 5.38. The fourth-order valence-electron chi connectivity index (χ4n) is 2.69. The van der Waals surface area contributed by atoms with Gasteiger partial charge in [-0.15, -0.1) is 11.3 Å². The van der Waals surface area contributed by atoms with Crippen LogP contribution in [0.3, 0.4) is 0 Å². The summed E-state index contributed by atoms with van der Waals surface area (Å²) in [6, 6.07) is 10.0. The molecule has 1 aromatic carbocycles. The van der Waals surface area contributed by atoms with Crippen LogP contribution in [-0.2, 0) is 17.8 Å². The van der Waals surface area contributed by atoms with Crippen LogP contribution in [0.1, 0.15) is 17.6 Å². The van der Waals surface area contributed by atoms with Gasteiger partial charge in [-0.25, -0.2) is 4.98 Å². The third kappa shape index (κ3) is 4.60. The average molecular weight is 330 g/mol. The molecule has 0 bridgehead atoms. The molecule has 1 aromatic heterocycles. The zero-order chi connectivity index (χ0) is 16.1. The second-order valence-electron chi connectivity index (χ2n) is 5.85. The Hall–Kier alpha value is -1.76. The van der Waals surface area contributed by atoms with Gasteiger partial charge in [0.15, 0.2) is 0 Å². The highest BCUT2D eigenvalue weighted by atomic mass is 32.1. The summed E-state index contributed by atoms with van der Waals surface area (Å²) >= 11 is 1.56. The van der Waals surface area contributed by atoms with Gasteiger partial charge in [0.1, 0.15) is 5.01 Å². The molecule has 2 aromatic rings. The minimum absolute atomic E-state index is 0.0207. The summed E-state index contributed by atoms with van der Waals surface area (Å²) in [6.07, 6.45) is 0.330. The smallest absolute Gasteiger partial charge is 0.231 e. The van der Waals surface area contributed by atoms with Crippen molar-refractivity contribution in [1.29, 1.82) is 0 Å². The van der Waals surface area contributed by atoms with Gasteiger partial charge in [0.25, 0.3) is 0 Å². The zero-order valence-electron chi connectivity index (χ0n) is 13.3. The number of amides is 1. The molecule has 0 aliphatic carbocycles. The monoisotopic (exact) mass is 330 g/mol. The standard InChI is InChI=1S/C17H22N4OS/c1-13-10-18-7-8-21(13)11-15-12-23-17(20-15)9-16(22)19-14-5-3-2-4-6-14/h2-6,12-13,18H,7-11H2,1H3,(H,19,22)/t13-/m1/s1. The van der Waals surface area contributed by atoms with Crippen LogP contribution in [0, 0.1) is 0 Å². The second-order valence-corrected chi connectivity index (χ2v) is 6.79. The molecule has 2 heterocycles. The molecule has 6 heteroatoms. The predicted octanol–water partition coefficient (Wildman–Crippen LogP) is 2.12. The number of thiazole rings is 1. The van der Waals surface area contributed by atoms with Crippen molar-refractivity contribution in [2.45, 2.75) is 25.9 Å². The van der Waals surface area contributed by atoms with Gasteiger partial charge in [-0.05, 0) is 19.1 Å². The normalized spacial score (nSPS) is 18.7. The van der Waals surface area contributed by atoms with Gasteiger partial charge in [0, 0.05) is 43.3 Å². The van der Waals surface area contributed by atoms with Gasteiger partial charge < -0.3 is 10.6 Å². The Morgan fingerprint density at radius 2 is 2.26 bits per heavy atom. The number of hydrogen-bond acceptors (Lipinski definition) is 5. The van der Waals surface area contributed by atoms with Crippen LogP contribution >= 0.6 is 11.3 Å². The van der Waals surface area contributed by atoms with Crippen molar-refractivity contribution in [3.05, 3.63) is 46.4 Å². The number of rotatable bonds is 5. The lowest BCUT2D eigenvalue weighted by Gasteiger charge is -2.33. The summed E-state index contributed by atoms with van der Waals surface area (Å²) in [5.74, 6) is -0.0207. The van der Waals surface area contributed by atoms with Crippen molar-refractivity contribution in [3.8, 4) is 0 Å². The van der Waals surface area contributed by atoms with E-state index in [1.54, 1.807) is 11.3 Å². The highest BCUT2D eigenvalue weighted by Gasteiger charge is 2.19. The lowest BCUT2D eigenvalue weighted by molar-refractivity contribution is -0.115. The Bertz CT molecular complexity index is 643. The zero-order valence-corrected chi connectivity index (χ0v) is 14.1. The number of benzene rings is 1. The van der Waals surface area contributed by atoms with Crippen LogP contribution < -0.4 is 10.6 Å². The van der Waals surface area contributed by atoms with Crippen molar-refractivity contribution >= 4 is 22.9 Å². The predicted molar refractivity (Wildman–Crippen MR) is 93.6 cm³/mol. The minimum Gasteiger partial charge on any atom is -0.326 e. The average Bonchev–Trinajstić information content (AvgIpc) is 2.97. The van der Waals surface area contributed by atoms with E-state index in [0.29, 0.717) is 12.5 Å². The first-order chi connectivity index (χ1) is 11.2. The van der Waals surface area contributed by atoms with E-state index in [0.717, 1.165) is 42.6 Å². The summed E-state index contributed by atoms with van der Waals surface area (Å²) < 4.78 is 0. The molecule has 0 radical (unpaired) electrons. The Morgan fingerprint density at radius 1 is 1.43 bits per heavy atom. The Balaban J connectivity index is 1.53. The molecule has 1 atom stereocenters. The lowest BCUT2D eigenvalue weighted by atomic mass is 10.2. The van der Waals surface area contributed by atoms with Crippen molar-refractivity contribution < 1.29 is 4.79 Å². The fourth-order valence-corrected chi connectivity index (χ4v) is 3.48. The molecule has 2 N–H and O–H groups in total. The van der Waals surface area contributed by atoms with Crippen molar-refractivity contribution in [1.82, 2.24) is 15.2 Å². The number of piperazine rings is 1. The highest BCUT2D eigenvalue weighted by molar-refractivity contribution is 7.09. The maximum atomic E-state index is 12.1. The van der Waals surface area contributed by atoms with Crippen LogP contribution in [-0.4, -0.2) is 41.5 Å². The largest absolute Gasteiger partial charge is 0.326 e. The molecule has 1 saturated heterocycles. The third-order valence-corrected chi connectivity index (χ3v) is 4.87. The molecular formula is C17H22N4OS. The number of nitrogens with one attached hydrogen (secondary N) is 2. The molecule has 1 amide bonds. The number of aromatic nitrogens is 1. The number of anilines is 1. The maximum absolute atomic E-state index is 12.1.